The van der Waals surface area contributed by atoms with E-state index in [2.05, 4.69) is 5.32 Å². The van der Waals surface area contributed by atoms with Gasteiger partial charge in [0, 0.05) is 12.1 Å². The fraction of sp³-hybridized carbons (Fsp3) is 0.355. The second-order valence-electron chi connectivity index (χ2n) is 10.9. The fourth-order valence-electron chi connectivity index (χ4n) is 4.18. The molecule has 0 fully saturated rings. The number of nitrogens with zero attached hydrogens (tertiary/aromatic N) is 2. The largest absolute Gasteiger partial charge is 0.492 e. The molecule has 3 aromatic carbocycles. The number of aryl methyl sites for hydroxylation is 1. The lowest BCUT2D eigenvalue weighted by Gasteiger charge is -2.33. The first-order chi connectivity index (χ1) is 19.6. The maximum Gasteiger partial charge on any atom is 0.264 e. The van der Waals surface area contributed by atoms with Gasteiger partial charge < -0.3 is 15.0 Å². The smallest absolute Gasteiger partial charge is 0.264 e. The third kappa shape index (κ3) is 8.40. The number of hydrogen-bond acceptors (Lipinski definition) is 5. The van der Waals surface area contributed by atoms with E-state index >= 15 is 0 Å². The molecule has 0 aliphatic carbocycles. The molecule has 0 heterocycles. The molecule has 226 valence electrons. The van der Waals surface area contributed by atoms with Gasteiger partial charge >= 0.3 is 0 Å². The van der Waals surface area contributed by atoms with Crippen LogP contribution < -0.4 is 14.4 Å². The number of carbonyl (C=O) groups excluding carboxylic acids is 2. The molecule has 0 bridgehead atoms. The minimum atomic E-state index is -4.23. The molecule has 8 nitrogen and oxygen atoms in total. The predicted octanol–water partition coefficient (Wildman–Crippen LogP) is 6.23. The first kappa shape index (κ1) is 33.2. The van der Waals surface area contributed by atoms with Crippen molar-refractivity contribution in [2.75, 3.05) is 17.5 Å². The van der Waals surface area contributed by atoms with E-state index in [0.29, 0.717) is 21.4 Å². The molecule has 42 heavy (non-hydrogen) atoms. The Labute approximate surface area is 258 Å². The van der Waals surface area contributed by atoms with Crippen LogP contribution in [0.5, 0.6) is 5.75 Å². The highest BCUT2D eigenvalue weighted by molar-refractivity contribution is 7.92. The zero-order valence-electron chi connectivity index (χ0n) is 24.6. The van der Waals surface area contributed by atoms with E-state index in [0.717, 1.165) is 9.87 Å². The van der Waals surface area contributed by atoms with Gasteiger partial charge in [-0.15, -0.1) is 0 Å². The number of hydrogen-bond donors (Lipinski definition) is 1. The number of halogens is 2. The molecule has 0 aromatic heterocycles. The van der Waals surface area contributed by atoms with Crippen LogP contribution in [0.4, 0.5) is 5.69 Å². The molecule has 0 aliphatic heterocycles. The molecular weight excluding hydrogens is 597 g/mol. The number of carbonyl (C=O) groups is 2. The second-order valence-corrected chi connectivity index (χ2v) is 13.6. The maximum atomic E-state index is 14.1. The highest BCUT2D eigenvalue weighted by Gasteiger charge is 2.34. The number of nitrogens with one attached hydrogen (secondary N) is 1. The van der Waals surface area contributed by atoms with Gasteiger partial charge in [-0.25, -0.2) is 8.42 Å². The van der Waals surface area contributed by atoms with Crippen molar-refractivity contribution >= 4 is 50.7 Å². The molecule has 3 aromatic rings. The van der Waals surface area contributed by atoms with E-state index in [1.54, 1.807) is 68.4 Å². The van der Waals surface area contributed by atoms with Gasteiger partial charge in [-0.05, 0) is 83.5 Å². The molecule has 11 heteroatoms. The number of benzene rings is 3. The maximum absolute atomic E-state index is 14.1. The van der Waals surface area contributed by atoms with E-state index in [1.165, 1.54) is 17.0 Å². The summed E-state index contributed by atoms with van der Waals surface area (Å²) in [5, 5.41) is 3.54. The summed E-state index contributed by atoms with van der Waals surface area (Å²) in [5.41, 5.74) is 1.16. The van der Waals surface area contributed by atoms with Crippen LogP contribution in [0.2, 0.25) is 10.0 Å². The third-order valence-corrected chi connectivity index (χ3v) is 8.84. The van der Waals surface area contributed by atoms with Crippen molar-refractivity contribution in [2.24, 2.45) is 0 Å². The van der Waals surface area contributed by atoms with Crippen molar-refractivity contribution in [1.82, 2.24) is 10.2 Å². The van der Waals surface area contributed by atoms with Gasteiger partial charge in [-0.2, -0.15) is 0 Å². The normalized spacial score (nSPS) is 12.4. The monoisotopic (exact) mass is 633 g/mol. The summed E-state index contributed by atoms with van der Waals surface area (Å²) in [6.45, 7) is 10.4. The van der Waals surface area contributed by atoms with Crippen LogP contribution in [0.15, 0.2) is 71.6 Å². The summed E-state index contributed by atoms with van der Waals surface area (Å²) in [4.78, 5) is 28.7. The van der Waals surface area contributed by atoms with Gasteiger partial charge in [0.15, 0.2) is 0 Å². The van der Waals surface area contributed by atoms with Crippen molar-refractivity contribution in [2.45, 2.75) is 64.6 Å². The highest BCUT2D eigenvalue weighted by Crippen LogP contribution is 2.33. The number of amides is 2. The summed E-state index contributed by atoms with van der Waals surface area (Å²) in [6.07, 6.45) is 0. The predicted molar refractivity (Wildman–Crippen MR) is 168 cm³/mol. The Morgan fingerprint density at radius 1 is 0.976 bits per heavy atom. The van der Waals surface area contributed by atoms with E-state index in [1.807, 2.05) is 27.7 Å². The number of ether oxygens (including phenoxy) is 1. The van der Waals surface area contributed by atoms with Gasteiger partial charge in [-0.3, -0.25) is 13.9 Å². The van der Waals surface area contributed by atoms with Crippen LogP contribution in [0.1, 0.15) is 45.7 Å². The van der Waals surface area contributed by atoms with Gasteiger partial charge in [0.1, 0.15) is 18.3 Å². The Morgan fingerprint density at radius 2 is 1.62 bits per heavy atom. The van der Waals surface area contributed by atoms with Crippen molar-refractivity contribution in [3.8, 4) is 5.75 Å². The molecule has 0 aliphatic rings. The van der Waals surface area contributed by atoms with Crippen LogP contribution in [0, 0.1) is 6.92 Å². The standard InChI is InChI=1S/C31H37Cl2N3O5S/c1-7-41-28-11-9-8-10-27(28)36(42(39,40)24-15-12-21(2)13-16-24)20-29(37)35(22(3)30(38)34-31(4,5)6)19-23-14-17-25(32)26(33)18-23/h8-18,22H,7,19-20H2,1-6H3,(H,34,38). The van der Waals surface area contributed by atoms with Crippen LogP contribution in [-0.4, -0.2) is 49.9 Å². The number of para-hydroxylation sites is 2. The molecule has 0 saturated carbocycles. The van der Waals surface area contributed by atoms with Crippen LogP contribution in [0.3, 0.4) is 0 Å². The van der Waals surface area contributed by atoms with Crippen molar-refractivity contribution in [3.05, 3.63) is 87.9 Å². The lowest BCUT2D eigenvalue weighted by molar-refractivity contribution is -0.140. The van der Waals surface area contributed by atoms with Crippen molar-refractivity contribution in [1.29, 1.82) is 0 Å². The summed E-state index contributed by atoms with van der Waals surface area (Å²) in [5.74, 6) is -0.684. The summed E-state index contributed by atoms with van der Waals surface area (Å²) in [7, 11) is -4.23. The SMILES string of the molecule is CCOc1ccccc1N(CC(=O)N(Cc1ccc(Cl)c(Cl)c1)C(C)C(=O)NC(C)(C)C)S(=O)(=O)c1ccc(C)cc1. The van der Waals surface area contributed by atoms with Gasteiger partial charge in [0.2, 0.25) is 11.8 Å². The highest BCUT2D eigenvalue weighted by atomic mass is 35.5. The zero-order chi connectivity index (χ0) is 31.2. The first-order valence-corrected chi connectivity index (χ1v) is 15.7. The average Bonchev–Trinajstić information content (AvgIpc) is 2.91. The van der Waals surface area contributed by atoms with Gasteiger partial charge in [0.05, 0.1) is 27.2 Å². The molecule has 0 radical (unpaired) electrons. The quantitative estimate of drug-likeness (QED) is 0.270. The lowest BCUT2D eigenvalue weighted by atomic mass is 10.1. The van der Waals surface area contributed by atoms with E-state index in [9.17, 15) is 18.0 Å². The van der Waals surface area contributed by atoms with E-state index in [-0.39, 0.29) is 23.7 Å². The molecule has 1 atom stereocenters. The molecule has 3 rings (SSSR count). The molecule has 0 saturated heterocycles. The Hall–Kier alpha value is -3.27. The van der Waals surface area contributed by atoms with Gasteiger partial charge in [0.25, 0.3) is 10.0 Å². The molecule has 0 spiro atoms. The fourth-order valence-corrected chi connectivity index (χ4v) is 5.93. The number of sulfonamides is 1. The number of anilines is 1. The molecule has 2 amide bonds. The topological polar surface area (TPSA) is 96.0 Å². The van der Waals surface area contributed by atoms with E-state index in [4.69, 9.17) is 27.9 Å². The van der Waals surface area contributed by atoms with Crippen LogP contribution in [0.25, 0.3) is 0 Å². The summed E-state index contributed by atoms with van der Waals surface area (Å²) < 4.78 is 34.9. The third-order valence-electron chi connectivity index (χ3n) is 6.32. The van der Waals surface area contributed by atoms with Crippen molar-refractivity contribution in [3.63, 3.8) is 0 Å². The lowest BCUT2D eigenvalue weighted by Crippen LogP contribution is -2.54. The summed E-state index contributed by atoms with van der Waals surface area (Å²) in [6, 6.07) is 17.0. The van der Waals surface area contributed by atoms with Crippen molar-refractivity contribution < 1.29 is 22.7 Å². The Morgan fingerprint density at radius 3 is 2.21 bits per heavy atom. The molecular formula is C31H37Cl2N3O5S. The zero-order valence-corrected chi connectivity index (χ0v) is 27.0. The second kappa shape index (κ2) is 13.8. The minimum Gasteiger partial charge on any atom is -0.492 e. The Bertz CT molecular complexity index is 1520. The summed E-state index contributed by atoms with van der Waals surface area (Å²) >= 11 is 12.3. The van der Waals surface area contributed by atoms with E-state index < -0.39 is 40.0 Å². The Kier molecular flexibility index (Phi) is 10.9. The average molecular weight is 635 g/mol. The Balaban J connectivity index is 2.10. The number of rotatable bonds is 11. The molecule has 1 N–H and O–H groups in total. The van der Waals surface area contributed by atoms with Crippen LogP contribution >= 0.6 is 23.2 Å². The minimum absolute atomic E-state index is 0.0139. The van der Waals surface area contributed by atoms with Crippen LogP contribution in [-0.2, 0) is 26.2 Å². The molecule has 1 unspecified atom stereocenters. The first-order valence-electron chi connectivity index (χ1n) is 13.5. The van der Waals surface area contributed by atoms with Gasteiger partial charge in [-0.1, -0.05) is 59.1 Å².